The number of benzene rings is 2. The van der Waals surface area contributed by atoms with Gasteiger partial charge < -0.3 is 29.8 Å². The minimum atomic E-state index is -0.302. The fraction of sp³-hybridized carbons (Fsp3) is 0.321. The topological polar surface area (TPSA) is 98.1 Å². The Morgan fingerprint density at radius 2 is 1.68 bits per heavy atom. The zero-order chi connectivity index (χ0) is 26.2. The highest BCUT2D eigenvalue weighted by Crippen LogP contribution is 2.20. The van der Waals surface area contributed by atoms with E-state index in [9.17, 15) is 14.4 Å². The number of carbonyl (C=O) groups is 3. The van der Waals surface area contributed by atoms with Crippen molar-refractivity contribution >= 4 is 34.9 Å². The summed E-state index contributed by atoms with van der Waals surface area (Å²) >= 11 is 0. The molecule has 0 unspecified atom stereocenters. The predicted molar refractivity (Wildman–Crippen MR) is 144 cm³/mol. The first-order chi connectivity index (χ1) is 17.9. The molecule has 37 heavy (non-hydrogen) atoms. The van der Waals surface area contributed by atoms with Gasteiger partial charge in [0.05, 0.1) is 6.26 Å². The predicted octanol–water partition coefficient (Wildman–Crippen LogP) is 4.43. The second-order valence-corrected chi connectivity index (χ2v) is 9.07. The molecule has 0 radical (unpaired) electrons. The van der Waals surface area contributed by atoms with E-state index < -0.39 is 0 Å². The summed E-state index contributed by atoms with van der Waals surface area (Å²) in [6.45, 7) is 7.02. The molecule has 2 aromatic carbocycles. The monoisotopic (exact) mass is 503 g/mol. The number of rotatable bonds is 8. The molecule has 0 saturated carbocycles. The molecule has 3 aromatic rings. The van der Waals surface area contributed by atoms with Crippen LogP contribution in [0.25, 0.3) is 0 Å². The van der Waals surface area contributed by atoms with E-state index in [-0.39, 0.29) is 30.2 Å². The number of piperazine rings is 1. The molecule has 0 aliphatic carbocycles. The molecule has 2 heterocycles. The van der Waals surface area contributed by atoms with E-state index in [1.807, 2.05) is 67.3 Å². The minimum Gasteiger partial charge on any atom is -0.459 e. The van der Waals surface area contributed by atoms with Crippen molar-refractivity contribution in [3.8, 4) is 0 Å². The summed E-state index contributed by atoms with van der Waals surface area (Å²) in [5, 5.41) is 5.83. The van der Waals surface area contributed by atoms with Gasteiger partial charge in [0.2, 0.25) is 5.91 Å². The van der Waals surface area contributed by atoms with Crippen molar-refractivity contribution in [1.82, 2.24) is 9.80 Å². The van der Waals surface area contributed by atoms with E-state index in [1.54, 1.807) is 12.1 Å². The van der Waals surface area contributed by atoms with Crippen LogP contribution < -0.4 is 15.5 Å². The number of urea groups is 1. The van der Waals surface area contributed by atoms with Crippen molar-refractivity contribution in [3.05, 3.63) is 78.3 Å². The Labute approximate surface area is 217 Å². The summed E-state index contributed by atoms with van der Waals surface area (Å²) in [5.41, 5.74) is 3.58. The number of aryl methyl sites for hydroxylation is 1. The Hall–Kier alpha value is -4.27. The Bertz CT molecular complexity index is 1200. The quantitative estimate of drug-likeness (QED) is 0.474. The van der Waals surface area contributed by atoms with Crippen molar-refractivity contribution in [3.63, 3.8) is 0 Å². The van der Waals surface area contributed by atoms with E-state index in [1.165, 1.54) is 11.2 Å². The lowest BCUT2D eigenvalue weighted by Crippen LogP contribution is -2.50. The third-order valence-corrected chi connectivity index (χ3v) is 6.20. The summed E-state index contributed by atoms with van der Waals surface area (Å²) in [6.07, 6.45) is 2.17. The van der Waals surface area contributed by atoms with Gasteiger partial charge in [-0.05, 0) is 67.4 Å². The second kappa shape index (κ2) is 12.1. The zero-order valence-corrected chi connectivity index (χ0v) is 21.3. The van der Waals surface area contributed by atoms with Crippen LogP contribution >= 0.6 is 0 Å². The van der Waals surface area contributed by atoms with Gasteiger partial charge in [-0.15, -0.1) is 0 Å². The number of hydrogen-bond donors (Lipinski definition) is 2. The van der Waals surface area contributed by atoms with Gasteiger partial charge in [0, 0.05) is 49.8 Å². The van der Waals surface area contributed by atoms with Gasteiger partial charge >= 0.3 is 6.03 Å². The molecule has 1 aliphatic heterocycles. The van der Waals surface area contributed by atoms with Crippen LogP contribution in [-0.2, 0) is 4.79 Å². The van der Waals surface area contributed by atoms with Crippen LogP contribution in [0.3, 0.4) is 0 Å². The van der Waals surface area contributed by atoms with Crippen LogP contribution in [0.5, 0.6) is 0 Å². The SMILES string of the molecule is CCCN(CC(=O)Nc1ccc(N2CCN(C(=O)Nc3cccc(C)c3)CC2)cc1)C(=O)c1ccco1. The molecule has 1 aliphatic rings. The van der Waals surface area contributed by atoms with Crippen LogP contribution in [-0.4, -0.2) is 66.9 Å². The van der Waals surface area contributed by atoms with E-state index >= 15 is 0 Å². The lowest BCUT2D eigenvalue weighted by atomic mass is 10.2. The molecule has 1 aromatic heterocycles. The first-order valence-corrected chi connectivity index (χ1v) is 12.5. The summed E-state index contributed by atoms with van der Waals surface area (Å²) in [7, 11) is 0. The van der Waals surface area contributed by atoms with Crippen LogP contribution in [0, 0.1) is 6.92 Å². The highest BCUT2D eigenvalue weighted by atomic mass is 16.3. The van der Waals surface area contributed by atoms with E-state index in [0.29, 0.717) is 38.4 Å². The maximum absolute atomic E-state index is 12.6. The molecular weight excluding hydrogens is 470 g/mol. The van der Waals surface area contributed by atoms with Gasteiger partial charge in [0.15, 0.2) is 5.76 Å². The summed E-state index contributed by atoms with van der Waals surface area (Å²) in [4.78, 5) is 43.3. The third kappa shape index (κ3) is 6.91. The largest absolute Gasteiger partial charge is 0.459 e. The Morgan fingerprint density at radius 3 is 2.32 bits per heavy atom. The maximum Gasteiger partial charge on any atom is 0.321 e. The van der Waals surface area contributed by atoms with E-state index in [2.05, 4.69) is 15.5 Å². The fourth-order valence-electron chi connectivity index (χ4n) is 4.30. The molecule has 194 valence electrons. The summed E-state index contributed by atoms with van der Waals surface area (Å²) in [6, 6.07) is 18.5. The molecule has 1 fully saturated rings. The fourth-order valence-corrected chi connectivity index (χ4v) is 4.30. The number of carbonyl (C=O) groups excluding carboxylic acids is 3. The Morgan fingerprint density at radius 1 is 0.919 bits per heavy atom. The normalized spacial score (nSPS) is 13.2. The van der Waals surface area contributed by atoms with Crippen molar-refractivity contribution in [2.45, 2.75) is 20.3 Å². The highest BCUT2D eigenvalue weighted by molar-refractivity contribution is 5.98. The van der Waals surface area contributed by atoms with Crippen molar-refractivity contribution in [2.75, 3.05) is 54.8 Å². The number of hydrogen-bond acceptors (Lipinski definition) is 5. The summed E-state index contributed by atoms with van der Waals surface area (Å²) < 4.78 is 5.19. The Kier molecular flexibility index (Phi) is 8.45. The first-order valence-electron chi connectivity index (χ1n) is 12.5. The molecular formula is C28H33N5O4. The number of furan rings is 1. The standard InChI is InChI=1S/C28H33N5O4/c1-3-13-33(27(35)25-8-5-18-37-25)20-26(34)29-22-9-11-24(12-10-22)31-14-16-32(17-15-31)28(36)30-23-7-4-6-21(2)19-23/h4-12,18-19H,3,13-17,20H2,1-2H3,(H,29,34)(H,30,36). The lowest BCUT2D eigenvalue weighted by molar-refractivity contribution is -0.116. The Balaban J connectivity index is 1.26. The van der Waals surface area contributed by atoms with Crippen LogP contribution in [0.2, 0.25) is 0 Å². The zero-order valence-electron chi connectivity index (χ0n) is 21.3. The smallest absolute Gasteiger partial charge is 0.321 e. The maximum atomic E-state index is 12.6. The number of nitrogens with zero attached hydrogens (tertiary/aromatic N) is 3. The van der Waals surface area contributed by atoms with Crippen LogP contribution in [0.4, 0.5) is 21.9 Å². The van der Waals surface area contributed by atoms with Crippen LogP contribution in [0.15, 0.2) is 71.3 Å². The molecule has 1 saturated heterocycles. The van der Waals surface area contributed by atoms with Crippen molar-refractivity contribution < 1.29 is 18.8 Å². The van der Waals surface area contributed by atoms with Gasteiger partial charge in [-0.25, -0.2) is 4.79 Å². The lowest BCUT2D eigenvalue weighted by Gasteiger charge is -2.36. The molecule has 0 bridgehead atoms. The van der Waals surface area contributed by atoms with Gasteiger partial charge in [0.1, 0.15) is 6.54 Å². The average molecular weight is 504 g/mol. The molecule has 0 spiro atoms. The second-order valence-electron chi connectivity index (χ2n) is 9.07. The third-order valence-electron chi connectivity index (χ3n) is 6.20. The van der Waals surface area contributed by atoms with Crippen molar-refractivity contribution in [2.24, 2.45) is 0 Å². The van der Waals surface area contributed by atoms with Gasteiger partial charge in [-0.1, -0.05) is 19.1 Å². The van der Waals surface area contributed by atoms with Crippen molar-refractivity contribution in [1.29, 1.82) is 0 Å². The van der Waals surface area contributed by atoms with E-state index in [4.69, 9.17) is 4.42 Å². The molecule has 4 rings (SSSR count). The van der Waals surface area contributed by atoms with Gasteiger partial charge in [-0.2, -0.15) is 0 Å². The number of amides is 4. The minimum absolute atomic E-state index is 0.0539. The summed E-state index contributed by atoms with van der Waals surface area (Å²) in [5.74, 6) is -0.350. The van der Waals surface area contributed by atoms with Gasteiger partial charge in [0.25, 0.3) is 5.91 Å². The molecule has 4 amide bonds. The first kappa shape index (κ1) is 25.8. The highest BCUT2D eigenvalue weighted by Gasteiger charge is 2.22. The molecule has 2 N–H and O–H groups in total. The molecule has 9 nitrogen and oxygen atoms in total. The van der Waals surface area contributed by atoms with E-state index in [0.717, 1.165) is 23.4 Å². The van der Waals surface area contributed by atoms with Gasteiger partial charge in [-0.3, -0.25) is 9.59 Å². The molecule has 9 heteroatoms. The van der Waals surface area contributed by atoms with Crippen LogP contribution in [0.1, 0.15) is 29.5 Å². The average Bonchev–Trinajstić information content (AvgIpc) is 3.44. The number of anilines is 3. The number of nitrogens with one attached hydrogen (secondary N) is 2. The molecule has 0 atom stereocenters.